The first-order chi connectivity index (χ1) is 7.55. The largest absolute Gasteiger partial charge is 0.367 e. The molecule has 0 spiro atoms. The molecule has 0 bridgehead atoms. The standard InChI is InChI=1S/C14H22N2/c1-14(2,3)11-8-9-15-13(10-11)16-12-6-4-5-7-12/h8-10,12H,4-7H2,1-3H3,(H,15,16). The van der Waals surface area contributed by atoms with E-state index in [1.54, 1.807) is 0 Å². The van der Waals surface area contributed by atoms with Crippen LogP contribution in [0.25, 0.3) is 0 Å². The lowest BCUT2D eigenvalue weighted by atomic mass is 9.88. The normalized spacial score (nSPS) is 17.7. The molecule has 1 aromatic heterocycles. The van der Waals surface area contributed by atoms with E-state index in [1.807, 2.05) is 6.20 Å². The van der Waals surface area contributed by atoms with Gasteiger partial charge < -0.3 is 5.32 Å². The SMILES string of the molecule is CC(C)(C)c1ccnc(NC2CCCC2)c1. The van der Waals surface area contributed by atoms with Crippen LogP contribution in [0.4, 0.5) is 5.82 Å². The third-order valence-corrected chi connectivity index (χ3v) is 3.33. The van der Waals surface area contributed by atoms with Crippen LogP contribution in [0.3, 0.4) is 0 Å². The average molecular weight is 218 g/mol. The predicted octanol–water partition coefficient (Wildman–Crippen LogP) is 3.73. The second-order valence-corrected chi connectivity index (χ2v) is 5.81. The minimum atomic E-state index is 0.203. The fourth-order valence-corrected chi connectivity index (χ4v) is 2.26. The van der Waals surface area contributed by atoms with Gasteiger partial charge in [-0.2, -0.15) is 0 Å². The molecule has 1 aliphatic rings. The van der Waals surface area contributed by atoms with E-state index >= 15 is 0 Å². The fourth-order valence-electron chi connectivity index (χ4n) is 2.26. The molecule has 0 aliphatic heterocycles. The molecule has 2 heteroatoms. The maximum Gasteiger partial charge on any atom is 0.126 e. The fraction of sp³-hybridized carbons (Fsp3) is 0.643. The molecule has 2 rings (SSSR count). The number of pyridine rings is 1. The van der Waals surface area contributed by atoms with Gasteiger partial charge >= 0.3 is 0 Å². The zero-order valence-electron chi connectivity index (χ0n) is 10.6. The smallest absolute Gasteiger partial charge is 0.126 e. The summed E-state index contributed by atoms with van der Waals surface area (Å²) in [7, 11) is 0. The van der Waals surface area contributed by atoms with Gasteiger partial charge in [-0.1, -0.05) is 33.6 Å². The summed E-state index contributed by atoms with van der Waals surface area (Å²) in [6, 6.07) is 4.95. The molecule has 1 N–H and O–H groups in total. The number of anilines is 1. The number of aromatic nitrogens is 1. The molecule has 0 atom stereocenters. The Balaban J connectivity index is 2.09. The van der Waals surface area contributed by atoms with Crippen LogP contribution in [0.2, 0.25) is 0 Å². The van der Waals surface area contributed by atoms with Crippen LogP contribution in [0.1, 0.15) is 52.0 Å². The zero-order chi connectivity index (χ0) is 11.6. The second kappa shape index (κ2) is 4.44. The molecule has 0 unspecified atom stereocenters. The summed E-state index contributed by atoms with van der Waals surface area (Å²) in [5.41, 5.74) is 1.55. The van der Waals surface area contributed by atoms with Gasteiger partial charge in [0, 0.05) is 12.2 Å². The van der Waals surface area contributed by atoms with Crippen molar-refractivity contribution < 1.29 is 0 Å². The minimum Gasteiger partial charge on any atom is -0.367 e. The minimum absolute atomic E-state index is 0.203. The number of nitrogens with zero attached hydrogens (tertiary/aromatic N) is 1. The van der Waals surface area contributed by atoms with E-state index < -0.39 is 0 Å². The molecule has 0 amide bonds. The van der Waals surface area contributed by atoms with E-state index in [1.165, 1.54) is 31.2 Å². The summed E-state index contributed by atoms with van der Waals surface area (Å²) >= 11 is 0. The van der Waals surface area contributed by atoms with E-state index in [-0.39, 0.29) is 5.41 Å². The van der Waals surface area contributed by atoms with Crippen molar-refractivity contribution in [3.05, 3.63) is 23.9 Å². The molecule has 1 fully saturated rings. The molecule has 88 valence electrons. The maximum absolute atomic E-state index is 4.41. The topological polar surface area (TPSA) is 24.9 Å². The quantitative estimate of drug-likeness (QED) is 0.818. The Bertz CT molecular complexity index is 346. The highest BCUT2D eigenvalue weighted by Gasteiger charge is 2.17. The average Bonchev–Trinajstić information content (AvgIpc) is 2.70. The summed E-state index contributed by atoms with van der Waals surface area (Å²) in [6.45, 7) is 6.71. The van der Waals surface area contributed by atoms with E-state index in [0.29, 0.717) is 6.04 Å². The van der Waals surface area contributed by atoms with Crippen molar-refractivity contribution in [3.8, 4) is 0 Å². The molecular formula is C14H22N2. The Hall–Kier alpha value is -1.05. The lowest BCUT2D eigenvalue weighted by Crippen LogP contribution is -2.17. The Morgan fingerprint density at radius 3 is 2.56 bits per heavy atom. The molecule has 0 saturated heterocycles. The summed E-state index contributed by atoms with van der Waals surface area (Å²) in [4.78, 5) is 4.41. The molecule has 16 heavy (non-hydrogen) atoms. The predicted molar refractivity (Wildman–Crippen MR) is 68.8 cm³/mol. The lowest BCUT2D eigenvalue weighted by Gasteiger charge is -2.20. The Morgan fingerprint density at radius 1 is 1.25 bits per heavy atom. The third-order valence-electron chi connectivity index (χ3n) is 3.33. The summed E-state index contributed by atoms with van der Waals surface area (Å²) in [5.74, 6) is 1.04. The van der Waals surface area contributed by atoms with Crippen molar-refractivity contribution in [2.24, 2.45) is 0 Å². The number of rotatable bonds is 2. The van der Waals surface area contributed by atoms with E-state index in [4.69, 9.17) is 0 Å². The van der Waals surface area contributed by atoms with Gasteiger partial charge in [-0.15, -0.1) is 0 Å². The molecular weight excluding hydrogens is 196 g/mol. The van der Waals surface area contributed by atoms with Gasteiger partial charge in [-0.05, 0) is 36.0 Å². The van der Waals surface area contributed by atoms with Crippen LogP contribution in [-0.4, -0.2) is 11.0 Å². The van der Waals surface area contributed by atoms with Gasteiger partial charge in [0.25, 0.3) is 0 Å². The highest BCUT2D eigenvalue weighted by Crippen LogP contribution is 2.25. The van der Waals surface area contributed by atoms with Crippen molar-refractivity contribution in [3.63, 3.8) is 0 Å². The van der Waals surface area contributed by atoms with Gasteiger partial charge in [0.05, 0.1) is 0 Å². The number of nitrogens with one attached hydrogen (secondary N) is 1. The first-order valence-electron chi connectivity index (χ1n) is 6.29. The van der Waals surface area contributed by atoms with Crippen LogP contribution in [0.5, 0.6) is 0 Å². The van der Waals surface area contributed by atoms with Gasteiger partial charge in [0.2, 0.25) is 0 Å². The molecule has 0 aromatic carbocycles. The van der Waals surface area contributed by atoms with Crippen molar-refractivity contribution in [2.45, 2.75) is 57.9 Å². The van der Waals surface area contributed by atoms with E-state index in [2.05, 4.69) is 43.2 Å². The Morgan fingerprint density at radius 2 is 1.94 bits per heavy atom. The zero-order valence-corrected chi connectivity index (χ0v) is 10.6. The van der Waals surface area contributed by atoms with E-state index in [0.717, 1.165) is 5.82 Å². The number of hydrogen-bond donors (Lipinski definition) is 1. The molecule has 1 aliphatic carbocycles. The highest BCUT2D eigenvalue weighted by molar-refractivity contribution is 5.40. The number of hydrogen-bond acceptors (Lipinski definition) is 2. The van der Waals surface area contributed by atoms with Crippen LogP contribution in [-0.2, 0) is 5.41 Å². The van der Waals surface area contributed by atoms with Crippen molar-refractivity contribution >= 4 is 5.82 Å². The first-order valence-corrected chi connectivity index (χ1v) is 6.29. The Kier molecular flexibility index (Phi) is 3.17. The second-order valence-electron chi connectivity index (χ2n) is 5.81. The molecule has 2 nitrogen and oxygen atoms in total. The van der Waals surface area contributed by atoms with Gasteiger partial charge in [0.15, 0.2) is 0 Å². The first kappa shape index (κ1) is 11.4. The van der Waals surface area contributed by atoms with Crippen LogP contribution >= 0.6 is 0 Å². The monoisotopic (exact) mass is 218 g/mol. The van der Waals surface area contributed by atoms with Crippen molar-refractivity contribution in [1.82, 2.24) is 4.98 Å². The van der Waals surface area contributed by atoms with Crippen molar-refractivity contribution in [2.75, 3.05) is 5.32 Å². The van der Waals surface area contributed by atoms with Gasteiger partial charge in [-0.25, -0.2) is 4.98 Å². The van der Waals surface area contributed by atoms with Crippen LogP contribution < -0.4 is 5.32 Å². The lowest BCUT2D eigenvalue weighted by molar-refractivity contribution is 0.589. The maximum atomic E-state index is 4.41. The Labute approximate surface area is 98.5 Å². The van der Waals surface area contributed by atoms with Gasteiger partial charge in [0.1, 0.15) is 5.82 Å². The molecule has 1 saturated carbocycles. The summed E-state index contributed by atoms with van der Waals surface area (Å²) in [6.07, 6.45) is 7.22. The van der Waals surface area contributed by atoms with E-state index in [9.17, 15) is 0 Å². The third kappa shape index (κ3) is 2.75. The van der Waals surface area contributed by atoms with Crippen LogP contribution in [0, 0.1) is 0 Å². The summed E-state index contributed by atoms with van der Waals surface area (Å²) < 4.78 is 0. The van der Waals surface area contributed by atoms with Crippen molar-refractivity contribution in [1.29, 1.82) is 0 Å². The molecule has 1 aromatic rings. The molecule has 1 heterocycles. The molecule has 0 radical (unpaired) electrons. The van der Waals surface area contributed by atoms with Crippen LogP contribution in [0.15, 0.2) is 18.3 Å². The van der Waals surface area contributed by atoms with Gasteiger partial charge in [-0.3, -0.25) is 0 Å². The summed E-state index contributed by atoms with van der Waals surface area (Å²) in [5, 5.41) is 3.54. The highest BCUT2D eigenvalue weighted by atomic mass is 15.0.